The number of rotatable bonds is 5. The first kappa shape index (κ1) is 23.4. The number of likely N-dealkylation sites (tertiary alicyclic amines) is 1. The van der Waals surface area contributed by atoms with Gasteiger partial charge in [-0.05, 0) is 30.4 Å². The molecule has 0 radical (unpaired) electrons. The van der Waals surface area contributed by atoms with Crippen molar-refractivity contribution >= 4 is 23.2 Å². The lowest BCUT2D eigenvalue weighted by molar-refractivity contribution is -0.144. The number of aliphatic hydroxyl groups excluding tert-OH is 1. The highest BCUT2D eigenvalue weighted by Gasteiger charge is 2.42. The van der Waals surface area contributed by atoms with E-state index in [0.717, 1.165) is 21.7 Å². The van der Waals surface area contributed by atoms with Gasteiger partial charge in [-0.3, -0.25) is 9.59 Å². The van der Waals surface area contributed by atoms with Gasteiger partial charge in [-0.2, -0.15) is 0 Å². The first-order valence-electron chi connectivity index (χ1n) is 10.8. The van der Waals surface area contributed by atoms with Gasteiger partial charge in [-0.25, -0.2) is 4.98 Å². The average Bonchev–Trinajstić information content (AvgIpc) is 3.31. The summed E-state index contributed by atoms with van der Waals surface area (Å²) in [6.45, 7) is 12.0. The number of benzene rings is 1. The molecule has 3 rings (SSSR count). The van der Waals surface area contributed by atoms with Crippen LogP contribution < -0.4 is 5.32 Å². The van der Waals surface area contributed by atoms with E-state index >= 15 is 0 Å². The van der Waals surface area contributed by atoms with E-state index in [1.54, 1.807) is 16.2 Å². The van der Waals surface area contributed by atoms with Crippen molar-refractivity contribution in [2.24, 2.45) is 11.3 Å². The molecule has 0 unspecified atom stereocenters. The Labute approximate surface area is 188 Å². The molecule has 1 aromatic heterocycles. The minimum Gasteiger partial charge on any atom is -0.391 e. The number of nitrogens with zero attached hydrogens (tertiary/aromatic N) is 2. The van der Waals surface area contributed by atoms with Crippen molar-refractivity contribution in [1.29, 1.82) is 0 Å². The van der Waals surface area contributed by atoms with E-state index in [9.17, 15) is 14.7 Å². The molecule has 6 nitrogen and oxygen atoms in total. The Morgan fingerprint density at radius 2 is 1.87 bits per heavy atom. The van der Waals surface area contributed by atoms with Crippen LogP contribution in [0.1, 0.15) is 58.3 Å². The smallest absolute Gasteiger partial charge is 0.243 e. The van der Waals surface area contributed by atoms with Gasteiger partial charge < -0.3 is 15.3 Å². The Bertz CT molecular complexity index is 932. The minimum atomic E-state index is -0.677. The van der Waals surface area contributed by atoms with Crippen LogP contribution in [0, 0.1) is 18.3 Å². The standard InChI is InChI=1S/C24H33N3O3S/c1-14(24(4,5)6)23(30)27-12-19(28)11-20(27)22(29)26-15(2)17-7-9-18(10-8-17)21-16(3)25-13-31-21/h7-10,13-15,19-20,28H,11-12H2,1-6H3,(H,26,29)/t14-,15+,19-,20+/m1/s1. The number of nitrogens with one attached hydrogen (secondary N) is 1. The molecule has 1 saturated heterocycles. The third-order valence-electron chi connectivity index (χ3n) is 6.31. The van der Waals surface area contributed by atoms with Crippen LogP contribution in [0.25, 0.3) is 10.4 Å². The zero-order valence-electron chi connectivity index (χ0n) is 19.2. The number of β-amino-alcohol motifs (C(OH)–C–C–N with tert-alkyl or cyclic N) is 1. The van der Waals surface area contributed by atoms with Gasteiger partial charge in [0.05, 0.1) is 28.2 Å². The number of aromatic nitrogens is 1. The number of aliphatic hydroxyl groups is 1. The van der Waals surface area contributed by atoms with Crippen LogP contribution in [-0.2, 0) is 9.59 Å². The summed E-state index contributed by atoms with van der Waals surface area (Å²) in [6, 6.07) is 7.24. The Morgan fingerprint density at radius 3 is 2.42 bits per heavy atom. The van der Waals surface area contributed by atoms with Gasteiger partial charge in [0.2, 0.25) is 11.8 Å². The summed E-state index contributed by atoms with van der Waals surface area (Å²) in [5.74, 6) is -0.546. The zero-order valence-corrected chi connectivity index (χ0v) is 20.0. The molecule has 1 aliphatic rings. The van der Waals surface area contributed by atoms with Crippen LogP contribution in [0.3, 0.4) is 0 Å². The summed E-state index contributed by atoms with van der Waals surface area (Å²) >= 11 is 1.61. The minimum absolute atomic E-state index is 0.0823. The molecule has 31 heavy (non-hydrogen) atoms. The summed E-state index contributed by atoms with van der Waals surface area (Å²) in [5, 5.41) is 13.2. The summed E-state index contributed by atoms with van der Waals surface area (Å²) in [6.07, 6.45) is -0.408. The topological polar surface area (TPSA) is 82.5 Å². The van der Waals surface area contributed by atoms with Gasteiger partial charge in [-0.15, -0.1) is 11.3 Å². The van der Waals surface area contributed by atoms with Crippen LogP contribution in [0.4, 0.5) is 0 Å². The van der Waals surface area contributed by atoms with E-state index in [-0.39, 0.29) is 42.2 Å². The largest absolute Gasteiger partial charge is 0.391 e. The number of thiazole rings is 1. The molecule has 1 aliphatic heterocycles. The predicted molar refractivity (Wildman–Crippen MR) is 124 cm³/mol. The molecule has 0 saturated carbocycles. The number of carbonyl (C=O) groups excluding carboxylic acids is 2. The molecule has 2 heterocycles. The van der Waals surface area contributed by atoms with Gasteiger partial charge in [-0.1, -0.05) is 52.0 Å². The highest BCUT2D eigenvalue weighted by atomic mass is 32.1. The van der Waals surface area contributed by atoms with E-state index in [4.69, 9.17) is 0 Å². The lowest BCUT2D eigenvalue weighted by atomic mass is 9.81. The molecule has 2 amide bonds. The number of amides is 2. The van der Waals surface area contributed by atoms with Crippen LogP contribution in [-0.4, -0.2) is 45.5 Å². The maximum Gasteiger partial charge on any atom is 0.243 e. The van der Waals surface area contributed by atoms with Gasteiger partial charge in [0.15, 0.2) is 0 Å². The molecular weight excluding hydrogens is 410 g/mol. The van der Waals surface area contributed by atoms with Crippen LogP contribution in [0.2, 0.25) is 0 Å². The second-order valence-electron chi connectivity index (χ2n) is 9.60. The van der Waals surface area contributed by atoms with Gasteiger partial charge in [0, 0.05) is 18.9 Å². The summed E-state index contributed by atoms with van der Waals surface area (Å²) < 4.78 is 0. The Hall–Kier alpha value is -2.25. The van der Waals surface area contributed by atoms with E-state index in [2.05, 4.69) is 10.3 Å². The lowest BCUT2D eigenvalue weighted by Crippen LogP contribution is -2.49. The molecule has 1 aromatic carbocycles. The monoisotopic (exact) mass is 443 g/mol. The van der Waals surface area contributed by atoms with Crippen LogP contribution >= 0.6 is 11.3 Å². The molecule has 2 N–H and O–H groups in total. The second-order valence-corrected chi connectivity index (χ2v) is 10.5. The highest BCUT2D eigenvalue weighted by Crippen LogP contribution is 2.31. The highest BCUT2D eigenvalue weighted by molar-refractivity contribution is 7.13. The molecule has 2 aromatic rings. The quantitative estimate of drug-likeness (QED) is 0.733. The molecule has 0 bridgehead atoms. The van der Waals surface area contributed by atoms with E-state index in [1.807, 2.05) is 71.3 Å². The third kappa shape index (κ3) is 5.15. The van der Waals surface area contributed by atoms with Gasteiger partial charge in [0.25, 0.3) is 0 Å². The first-order valence-corrected chi connectivity index (χ1v) is 11.7. The summed E-state index contributed by atoms with van der Waals surface area (Å²) in [5.41, 5.74) is 4.73. The van der Waals surface area contributed by atoms with Crippen molar-refractivity contribution < 1.29 is 14.7 Å². The van der Waals surface area contributed by atoms with Gasteiger partial charge in [0.1, 0.15) is 6.04 Å². The molecule has 0 aliphatic carbocycles. The molecule has 0 spiro atoms. The van der Waals surface area contributed by atoms with E-state index in [0.29, 0.717) is 0 Å². The molecule has 168 valence electrons. The third-order valence-corrected chi connectivity index (χ3v) is 7.29. The number of carbonyl (C=O) groups is 2. The Balaban J connectivity index is 1.69. The number of hydrogen-bond acceptors (Lipinski definition) is 5. The fourth-order valence-electron chi connectivity index (χ4n) is 3.82. The number of hydrogen-bond donors (Lipinski definition) is 2. The SMILES string of the molecule is Cc1ncsc1-c1ccc([C@H](C)NC(=O)[C@@H]2C[C@@H](O)CN2C(=O)[C@@H](C)C(C)(C)C)cc1. The van der Waals surface area contributed by atoms with Gasteiger partial charge >= 0.3 is 0 Å². The Kier molecular flexibility index (Phi) is 6.86. The van der Waals surface area contributed by atoms with Crippen molar-refractivity contribution in [2.45, 2.75) is 66.2 Å². The molecular formula is C24H33N3O3S. The fraction of sp³-hybridized carbons (Fsp3) is 0.542. The van der Waals surface area contributed by atoms with Crippen molar-refractivity contribution in [2.75, 3.05) is 6.54 Å². The Morgan fingerprint density at radius 1 is 1.23 bits per heavy atom. The fourth-order valence-corrected chi connectivity index (χ4v) is 4.63. The molecule has 1 fully saturated rings. The normalized spacial score (nSPS) is 21.1. The first-order chi connectivity index (χ1) is 14.5. The number of aryl methyl sites for hydroxylation is 1. The van der Waals surface area contributed by atoms with Crippen LogP contribution in [0.15, 0.2) is 29.8 Å². The summed E-state index contributed by atoms with van der Waals surface area (Å²) in [7, 11) is 0. The summed E-state index contributed by atoms with van der Waals surface area (Å²) in [4.78, 5) is 33.0. The van der Waals surface area contributed by atoms with Crippen LogP contribution in [0.5, 0.6) is 0 Å². The lowest BCUT2D eigenvalue weighted by Gasteiger charge is -2.33. The van der Waals surface area contributed by atoms with Crippen molar-refractivity contribution in [3.05, 3.63) is 41.0 Å². The van der Waals surface area contributed by atoms with Crippen molar-refractivity contribution in [3.63, 3.8) is 0 Å². The maximum atomic E-state index is 13.0. The van der Waals surface area contributed by atoms with Crippen molar-refractivity contribution in [1.82, 2.24) is 15.2 Å². The predicted octanol–water partition coefficient (Wildman–Crippen LogP) is 3.94. The average molecular weight is 444 g/mol. The molecule has 4 atom stereocenters. The van der Waals surface area contributed by atoms with E-state index < -0.39 is 12.1 Å². The van der Waals surface area contributed by atoms with E-state index in [1.165, 1.54) is 0 Å². The maximum absolute atomic E-state index is 13.0. The van der Waals surface area contributed by atoms with Crippen molar-refractivity contribution in [3.8, 4) is 10.4 Å². The zero-order chi connectivity index (χ0) is 22.9. The molecule has 7 heteroatoms. The second kappa shape index (κ2) is 9.09.